The molecule has 3 N–H and O–H groups in total. The highest BCUT2D eigenvalue weighted by Crippen LogP contribution is 2.19. The summed E-state index contributed by atoms with van der Waals surface area (Å²) in [4.78, 5) is 12.4. The largest absolute Gasteiger partial charge is 0.347 e. The first kappa shape index (κ1) is 17.7. The molecule has 0 spiro atoms. The van der Waals surface area contributed by atoms with E-state index in [4.69, 9.17) is 5.14 Å². The number of hydrogen-bond acceptors (Lipinski definition) is 3. The van der Waals surface area contributed by atoms with Crippen molar-refractivity contribution >= 4 is 15.9 Å². The molecule has 1 aromatic carbocycles. The number of nitrogens with two attached hydrogens (primary N) is 1. The van der Waals surface area contributed by atoms with Crippen LogP contribution in [0, 0.1) is 0 Å². The van der Waals surface area contributed by atoms with Crippen LogP contribution < -0.4 is 10.5 Å². The van der Waals surface area contributed by atoms with Gasteiger partial charge in [-0.15, -0.1) is 0 Å². The molecule has 0 aliphatic heterocycles. The third-order valence-corrected chi connectivity index (χ3v) is 4.92. The Bertz CT molecular complexity index is 620. The van der Waals surface area contributed by atoms with E-state index in [0.29, 0.717) is 12.0 Å². The van der Waals surface area contributed by atoms with Crippen LogP contribution in [0.4, 0.5) is 0 Å². The smallest absolute Gasteiger partial charge is 0.252 e. The molecule has 21 heavy (non-hydrogen) atoms. The number of carbonyl (C=O) groups excluding carboxylic acids is 1. The monoisotopic (exact) mass is 312 g/mol. The number of aryl methyl sites for hydroxylation is 1. The zero-order valence-electron chi connectivity index (χ0n) is 13.1. The molecule has 0 radical (unpaired) electrons. The van der Waals surface area contributed by atoms with Crippen LogP contribution in [0.5, 0.6) is 0 Å². The Kier molecular flexibility index (Phi) is 5.53. The van der Waals surface area contributed by atoms with E-state index in [-0.39, 0.29) is 16.3 Å². The molecule has 1 amide bonds. The second-order valence-electron chi connectivity index (χ2n) is 5.44. The molecule has 118 valence electrons. The van der Waals surface area contributed by atoms with Gasteiger partial charge in [0.25, 0.3) is 5.91 Å². The fourth-order valence-electron chi connectivity index (χ4n) is 2.02. The van der Waals surface area contributed by atoms with Gasteiger partial charge in [-0.1, -0.05) is 26.8 Å². The van der Waals surface area contributed by atoms with Crippen LogP contribution in [-0.4, -0.2) is 19.9 Å². The zero-order chi connectivity index (χ0) is 16.3. The van der Waals surface area contributed by atoms with Crippen LogP contribution in [0.1, 0.15) is 56.5 Å². The van der Waals surface area contributed by atoms with Crippen LogP contribution in [0.25, 0.3) is 0 Å². The van der Waals surface area contributed by atoms with Gasteiger partial charge in [-0.2, -0.15) is 0 Å². The predicted molar refractivity (Wildman–Crippen MR) is 83.6 cm³/mol. The second-order valence-corrected chi connectivity index (χ2v) is 7.00. The van der Waals surface area contributed by atoms with Gasteiger partial charge in [0.05, 0.1) is 4.90 Å². The molecule has 0 saturated heterocycles. The van der Waals surface area contributed by atoms with E-state index in [0.717, 1.165) is 18.4 Å². The van der Waals surface area contributed by atoms with Gasteiger partial charge in [0.1, 0.15) is 0 Å². The maximum absolute atomic E-state index is 12.5. The highest BCUT2D eigenvalue weighted by Gasteiger charge is 2.24. The second kappa shape index (κ2) is 6.58. The van der Waals surface area contributed by atoms with E-state index < -0.39 is 10.0 Å². The molecule has 0 heterocycles. The van der Waals surface area contributed by atoms with Crippen LogP contribution in [0.3, 0.4) is 0 Å². The van der Waals surface area contributed by atoms with Gasteiger partial charge in [0, 0.05) is 11.1 Å². The molecule has 5 nitrogen and oxygen atoms in total. The van der Waals surface area contributed by atoms with Crippen LogP contribution in [-0.2, 0) is 16.4 Å². The van der Waals surface area contributed by atoms with E-state index in [2.05, 4.69) is 5.32 Å². The number of carbonyl (C=O) groups is 1. The van der Waals surface area contributed by atoms with Crippen LogP contribution >= 0.6 is 0 Å². The van der Waals surface area contributed by atoms with Gasteiger partial charge in [0.2, 0.25) is 10.0 Å². The predicted octanol–water partition coefficient (Wildman–Crippen LogP) is 2.20. The van der Waals surface area contributed by atoms with E-state index in [1.54, 1.807) is 6.07 Å². The molecule has 0 aliphatic rings. The van der Waals surface area contributed by atoms with Crippen molar-refractivity contribution in [2.45, 2.75) is 57.4 Å². The summed E-state index contributed by atoms with van der Waals surface area (Å²) in [5.74, 6) is -0.261. The lowest BCUT2D eigenvalue weighted by molar-refractivity contribution is 0.0900. The molecule has 6 heteroatoms. The minimum Gasteiger partial charge on any atom is -0.347 e. The Morgan fingerprint density at radius 3 is 2.24 bits per heavy atom. The summed E-state index contributed by atoms with van der Waals surface area (Å²) in [6, 6.07) is 4.43. The first-order chi connectivity index (χ1) is 9.66. The number of rotatable bonds is 6. The number of benzene rings is 1. The molecular weight excluding hydrogens is 288 g/mol. The summed E-state index contributed by atoms with van der Waals surface area (Å²) in [6.45, 7) is 7.90. The third-order valence-electron chi connectivity index (χ3n) is 4.01. The lowest BCUT2D eigenvalue weighted by Gasteiger charge is -2.28. The molecule has 0 unspecified atom stereocenters. The third kappa shape index (κ3) is 4.28. The fraction of sp³-hybridized carbons (Fsp3) is 0.533. The van der Waals surface area contributed by atoms with E-state index in [1.807, 2.05) is 27.7 Å². The zero-order valence-corrected chi connectivity index (χ0v) is 13.9. The quantitative estimate of drug-likeness (QED) is 0.844. The van der Waals surface area contributed by atoms with E-state index in [1.165, 1.54) is 12.1 Å². The maximum atomic E-state index is 12.5. The molecule has 1 rings (SSSR count). The molecule has 0 aliphatic carbocycles. The van der Waals surface area contributed by atoms with Gasteiger partial charge < -0.3 is 5.32 Å². The van der Waals surface area contributed by atoms with Gasteiger partial charge in [0.15, 0.2) is 0 Å². The van der Waals surface area contributed by atoms with Gasteiger partial charge in [-0.25, -0.2) is 13.6 Å². The first-order valence-electron chi connectivity index (χ1n) is 7.15. The molecule has 0 bridgehead atoms. The Morgan fingerprint density at radius 1 is 1.24 bits per heavy atom. The van der Waals surface area contributed by atoms with Crippen LogP contribution in [0.15, 0.2) is 23.1 Å². The Labute approximate surface area is 127 Å². The van der Waals surface area contributed by atoms with Crippen molar-refractivity contribution < 1.29 is 13.2 Å². The number of primary sulfonamides is 1. The molecular formula is C15H24N2O3S. The van der Waals surface area contributed by atoms with Gasteiger partial charge >= 0.3 is 0 Å². The fourth-order valence-corrected chi connectivity index (χ4v) is 2.56. The summed E-state index contributed by atoms with van der Waals surface area (Å²) in [7, 11) is -3.82. The number of sulfonamides is 1. The van der Waals surface area contributed by atoms with Crippen LogP contribution in [0.2, 0.25) is 0 Å². The van der Waals surface area contributed by atoms with Crippen molar-refractivity contribution in [1.82, 2.24) is 5.32 Å². The van der Waals surface area contributed by atoms with Crippen molar-refractivity contribution in [2.24, 2.45) is 5.14 Å². The standard InChI is InChI=1S/C15H24N2O3S/c1-5-11-8-9-12(21(16,19)20)10-13(11)14(18)17-15(4,6-2)7-3/h8-10H,5-7H2,1-4H3,(H,17,18)(H2,16,19,20). The molecule has 0 aromatic heterocycles. The average Bonchev–Trinajstić information content (AvgIpc) is 2.45. The normalized spacial score (nSPS) is 12.2. The number of hydrogen-bond donors (Lipinski definition) is 2. The summed E-state index contributed by atoms with van der Waals surface area (Å²) in [6.07, 6.45) is 2.24. The SMILES string of the molecule is CCc1ccc(S(N)(=O)=O)cc1C(=O)NC(C)(CC)CC. The van der Waals surface area contributed by atoms with Crippen molar-refractivity contribution in [2.75, 3.05) is 0 Å². The van der Waals surface area contributed by atoms with Gasteiger partial charge in [-0.3, -0.25) is 4.79 Å². The molecule has 0 fully saturated rings. The Balaban J connectivity index is 3.24. The van der Waals surface area contributed by atoms with Gasteiger partial charge in [-0.05, 0) is 43.9 Å². The highest BCUT2D eigenvalue weighted by atomic mass is 32.2. The average molecular weight is 312 g/mol. The Morgan fingerprint density at radius 2 is 1.81 bits per heavy atom. The summed E-state index contributed by atoms with van der Waals surface area (Å²) >= 11 is 0. The van der Waals surface area contributed by atoms with Crippen molar-refractivity contribution in [1.29, 1.82) is 0 Å². The summed E-state index contributed by atoms with van der Waals surface area (Å²) < 4.78 is 22.9. The number of amides is 1. The molecule has 1 aromatic rings. The summed E-state index contributed by atoms with van der Waals surface area (Å²) in [5.41, 5.74) is 0.867. The highest BCUT2D eigenvalue weighted by molar-refractivity contribution is 7.89. The maximum Gasteiger partial charge on any atom is 0.252 e. The van der Waals surface area contributed by atoms with Crippen molar-refractivity contribution in [3.05, 3.63) is 29.3 Å². The lowest BCUT2D eigenvalue weighted by Crippen LogP contribution is -2.45. The minimum absolute atomic E-state index is 0.0421. The van der Waals surface area contributed by atoms with Crippen molar-refractivity contribution in [3.8, 4) is 0 Å². The topological polar surface area (TPSA) is 89.3 Å². The Hall–Kier alpha value is -1.40. The molecule has 0 atom stereocenters. The first-order valence-corrected chi connectivity index (χ1v) is 8.69. The lowest BCUT2D eigenvalue weighted by atomic mass is 9.94. The molecule has 0 saturated carbocycles. The summed E-state index contributed by atoms with van der Waals surface area (Å²) in [5, 5.41) is 8.13. The van der Waals surface area contributed by atoms with E-state index in [9.17, 15) is 13.2 Å². The minimum atomic E-state index is -3.82. The van der Waals surface area contributed by atoms with E-state index >= 15 is 0 Å². The number of nitrogens with one attached hydrogen (secondary N) is 1. The van der Waals surface area contributed by atoms with Crippen molar-refractivity contribution in [3.63, 3.8) is 0 Å².